The van der Waals surface area contributed by atoms with E-state index in [1.165, 1.54) is 0 Å². The molecule has 0 fully saturated rings. The van der Waals surface area contributed by atoms with E-state index in [0.717, 1.165) is 5.52 Å². The van der Waals surface area contributed by atoms with E-state index in [-0.39, 0.29) is 6.54 Å². The van der Waals surface area contributed by atoms with E-state index in [4.69, 9.17) is 11.5 Å². The number of aliphatic hydroxyl groups excluding tert-OH is 1. The number of rotatable bonds is 3. The van der Waals surface area contributed by atoms with E-state index < -0.39 is 6.10 Å². The lowest BCUT2D eigenvalue weighted by atomic mass is 10.3. The largest absolute Gasteiger partial charge is 0.390 e. The summed E-state index contributed by atoms with van der Waals surface area (Å²) >= 11 is 0. The van der Waals surface area contributed by atoms with E-state index in [0.29, 0.717) is 17.9 Å². The highest BCUT2D eigenvalue weighted by atomic mass is 16.3. The van der Waals surface area contributed by atoms with Crippen LogP contribution in [0, 0.1) is 0 Å². The molecule has 0 saturated heterocycles. The standard InChI is InChI=1S/C9H13N5O/c10-3-6(15)4-14-5-13-8-7(14)1-2-12-9(8)11/h1-2,5-6,15H,3-4,10H2,(H2,11,12). The Kier molecular flexibility index (Phi) is 2.53. The first-order valence-electron chi connectivity index (χ1n) is 4.66. The normalized spacial score (nSPS) is 13.2. The van der Waals surface area contributed by atoms with Crippen LogP contribution in [0.25, 0.3) is 11.0 Å². The molecule has 2 aromatic rings. The van der Waals surface area contributed by atoms with Gasteiger partial charge in [0.25, 0.3) is 0 Å². The summed E-state index contributed by atoms with van der Waals surface area (Å²) in [5.41, 5.74) is 12.5. The van der Waals surface area contributed by atoms with Crippen LogP contribution in [0.2, 0.25) is 0 Å². The minimum Gasteiger partial charge on any atom is -0.390 e. The van der Waals surface area contributed by atoms with Gasteiger partial charge in [-0.1, -0.05) is 0 Å². The van der Waals surface area contributed by atoms with Gasteiger partial charge in [-0.2, -0.15) is 0 Å². The summed E-state index contributed by atoms with van der Waals surface area (Å²) in [4.78, 5) is 8.06. The molecule has 2 heterocycles. The quantitative estimate of drug-likeness (QED) is 0.619. The van der Waals surface area contributed by atoms with Crippen LogP contribution in [0.1, 0.15) is 0 Å². The predicted octanol–water partition coefficient (Wildman–Crippen LogP) is -0.667. The Morgan fingerprint density at radius 3 is 3.00 bits per heavy atom. The third-order valence-electron chi connectivity index (χ3n) is 2.25. The molecule has 80 valence electrons. The zero-order chi connectivity index (χ0) is 10.8. The van der Waals surface area contributed by atoms with Crippen LogP contribution < -0.4 is 11.5 Å². The molecule has 0 aliphatic rings. The van der Waals surface area contributed by atoms with E-state index in [1.807, 2.05) is 10.6 Å². The average molecular weight is 207 g/mol. The summed E-state index contributed by atoms with van der Waals surface area (Å²) in [6.07, 6.45) is 2.67. The van der Waals surface area contributed by atoms with Crippen molar-refractivity contribution in [2.75, 3.05) is 12.3 Å². The van der Waals surface area contributed by atoms with Crippen LogP contribution in [0.5, 0.6) is 0 Å². The maximum Gasteiger partial charge on any atom is 0.151 e. The molecule has 0 aliphatic heterocycles. The van der Waals surface area contributed by atoms with Gasteiger partial charge in [-0.3, -0.25) is 0 Å². The van der Waals surface area contributed by atoms with Crippen LogP contribution in [0.4, 0.5) is 5.82 Å². The van der Waals surface area contributed by atoms with Gasteiger partial charge in [0.15, 0.2) is 5.82 Å². The highest BCUT2D eigenvalue weighted by molar-refractivity contribution is 5.84. The first-order valence-corrected chi connectivity index (χ1v) is 4.66. The van der Waals surface area contributed by atoms with Crippen molar-refractivity contribution < 1.29 is 5.11 Å². The zero-order valence-electron chi connectivity index (χ0n) is 8.17. The SMILES string of the molecule is NCC(O)Cn1cnc2c(N)nccc21. The van der Waals surface area contributed by atoms with Crippen LogP contribution in [0.15, 0.2) is 18.6 Å². The topological polar surface area (TPSA) is 103 Å². The molecule has 1 unspecified atom stereocenters. The summed E-state index contributed by atoms with van der Waals surface area (Å²) in [6.45, 7) is 0.636. The molecular weight excluding hydrogens is 194 g/mol. The summed E-state index contributed by atoms with van der Waals surface area (Å²) in [6, 6.07) is 1.81. The Balaban J connectivity index is 2.41. The number of fused-ring (bicyclic) bond motifs is 1. The Labute approximate surface area is 86.5 Å². The molecule has 0 radical (unpaired) electrons. The zero-order valence-corrected chi connectivity index (χ0v) is 8.17. The van der Waals surface area contributed by atoms with Crippen molar-refractivity contribution in [3.63, 3.8) is 0 Å². The molecule has 6 nitrogen and oxygen atoms in total. The minimum absolute atomic E-state index is 0.222. The summed E-state index contributed by atoms with van der Waals surface area (Å²) in [7, 11) is 0. The van der Waals surface area contributed by atoms with Crippen molar-refractivity contribution in [2.24, 2.45) is 5.73 Å². The second kappa shape index (κ2) is 3.84. The van der Waals surface area contributed by atoms with Crippen molar-refractivity contribution in [3.8, 4) is 0 Å². The van der Waals surface area contributed by atoms with Crippen LogP contribution >= 0.6 is 0 Å². The van der Waals surface area contributed by atoms with Gasteiger partial charge in [-0.15, -0.1) is 0 Å². The van der Waals surface area contributed by atoms with Crippen molar-refractivity contribution in [2.45, 2.75) is 12.6 Å². The average Bonchev–Trinajstić information content (AvgIpc) is 2.63. The first-order chi connectivity index (χ1) is 7.22. The van der Waals surface area contributed by atoms with Gasteiger partial charge in [0.1, 0.15) is 5.52 Å². The fraction of sp³-hybridized carbons (Fsp3) is 0.333. The van der Waals surface area contributed by atoms with E-state index in [2.05, 4.69) is 9.97 Å². The number of nitrogens with zero attached hydrogens (tertiary/aromatic N) is 3. The molecule has 15 heavy (non-hydrogen) atoms. The number of anilines is 1. The van der Waals surface area contributed by atoms with E-state index >= 15 is 0 Å². The molecule has 0 aromatic carbocycles. The predicted molar refractivity (Wildman–Crippen MR) is 57.0 cm³/mol. The fourth-order valence-electron chi connectivity index (χ4n) is 1.46. The van der Waals surface area contributed by atoms with Gasteiger partial charge >= 0.3 is 0 Å². The van der Waals surface area contributed by atoms with Gasteiger partial charge in [-0.25, -0.2) is 9.97 Å². The molecule has 0 bridgehead atoms. The van der Waals surface area contributed by atoms with Gasteiger partial charge in [0.05, 0.1) is 24.5 Å². The number of hydrogen-bond acceptors (Lipinski definition) is 5. The lowest BCUT2D eigenvalue weighted by molar-refractivity contribution is 0.163. The molecule has 0 saturated carbocycles. The summed E-state index contributed by atoms with van der Waals surface area (Å²) in [5.74, 6) is 0.397. The number of pyridine rings is 1. The van der Waals surface area contributed by atoms with E-state index in [1.54, 1.807) is 12.5 Å². The summed E-state index contributed by atoms with van der Waals surface area (Å²) < 4.78 is 1.81. The molecule has 0 aliphatic carbocycles. The Morgan fingerprint density at radius 1 is 1.47 bits per heavy atom. The third kappa shape index (κ3) is 1.77. The Hall–Kier alpha value is -1.66. The smallest absolute Gasteiger partial charge is 0.151 e. The highest BCUT2D eigenvalue weighted by Gasteiger charge is 2.08. The number of imidazole rings is 1. The molecule has 0 amide bonds. The lowest BCUT2D eigenvalue weighted by Crippen LogP contribution is -2.24. The molecule has 6 heteroatoms. The minimum atomic E-state index is -0.572. The summed E-state index contributed by atoms with van der Waals surface area (Å²) in [5, 5.41) is 9.44. The number of aromatic nitrogens is 3. The second-order valence-corrected chi connectivity index (χ2v) is 3.35. The number of aliphatic hydroxyl groups is 1. The first kappa shape index (κ1) is 9.88. The van der Waals surface area contributed by atoms with Crippen LogP contribution in [-0.2, 0) is 6.54 Å². The maximum atomic E-state index is 9.44. The van der Waals surface area contributed by atoms with Crippen LogP contribution in [0.3, 0.4) is 0 Å². The Morgan fingerprint density at radius 2 is 2.27 bits per heavy atom. The third-order valence-corrected chi connectivity index (χ3v) is 2.25. The van der Waals surface area contributed by atoms with E-state index in [9.17, 15) is 5.11 Å². The van der Waals surface area contributed by atoms with Crippen molar-refractivity contribution in [1.29, 1.82) is 0 Å². The van der Waals surface area contributed by atoms with Crippen molar-refractivity contribution in [1.82, 2.24) is 14.5 Å². The van der Waals surface area contributed by atoms with Crippen LogP contribution in [-0.4, -0.2) is 32.3 Å². The highest BCUT2D eigenvalue weighted by Crippen LogP contribution is 2.16. The van der Waals surface area contributed by atoms with Gasteiger partial charge < -0.3 is 21.1 Å². The van der Waals surface area contributed by atoms with Crippen molar-refractivity contribution in [3.05, 3.63) is 18.6 Å². The van der Waals surface area contributed by atoms with Gasteiger partial charge in [0.2, 0.25) is 0 Å². The number of hydrogen-bond donors (Lipinski definition) is 3. The molecule has 5 N–H and O–H groups in total. The molecule has 2 aromatic heterocycles. The van der Waals surface area contributed by atoms with Gasteiger partial charge in [0, 0.05) is 12.7 Å². The molecule has 2 rings (SSSR count). The maximum absolute atomic E-state index is 9.44. The second-order valence-electron chi connectivity index (χ2n) is 3.35. The monoisotopic (exact) mass is 207 g/mol. The molecule has 0 spiro atoms. The fourth-order valence-corrected chi connectivity index (χ4v) is 1.46. The Bertz CT molecular complexity index is 466. The number of nitrogens with two attached hydrogens (primary N) is 2. The lowest BCUT2D eigenvalue weighted by Gasteiger charge is -2.09. The molecule has 1 atom stereocenters. The van der Waals surface area contributed by atoms with Crippen molar-refractivity contribution >= 4 is 16.9 Å². The van der Waals surface area contributed by atoms with Gasteiger partial charge in [-0.05, 0) is 6.07 Å². The number of nitrogen functional groups attached to an aromatic ring is 1. The molecular formula is C9H13N5O.